The van der Waals surface area contributed by atoms with Crippen molar-refractivity contribution in [1.82, 2.24) is 4.90 Å². The van der Waals surface area contributed by atoms with Gasteiger partial charge in [-0.25, -0.2) is 0 Å². The first-order valence-corrected chi connectivity index (χ1v) is 6.01. The van der Waals surface area contributed by atoms with E-state index in [-0.39, 0.29) is 11.8 Å². The molecular formula is C14H16N2O. The largest absolute Gasteiger partial charge is 0.337 e. The summed E-state index contributed by atoms with van der Waals surface area (Å²) in [6.45, 7) is 1.17. The van der Waals surface area contributed by atoms with Crippen LogP contribution in [0.25, 0.3) is 0 Å². The molecule has 0 radical (unpaired) electrons. The van der Waals surface area contributed by atoms with Crippen LogP contribution in [0.5, 0.6) is 0 Å². The summed E-state index contributed by atoms with van der Waals surface area (Å²) in [5.41, 5.74) is 1.12. The lowest BCUT2D eigenvalue weighted by atomic mass is 10.2. The molecule has 0 atom stereocenters. The minimum absolute atomic E-state index is 0.212. The molecule has 0 bridgehead atoms. The van der Waals surface area contributed by atoms with Crippen molar-refractivity contribution in [3.05, 3.63) is 35.9 Å². The highest BCUT2D eigenvalue weighted by Gasteiger charge is 2.33. The van der Waals surface area contributed by atoms with Gasteiger partial charge in [0.25, 0.3) is 0 Å². The zero-order valence-corrected chi connectivity index (χ0v) is 9.80. The molecule has 1 aromatic rings. The van der Waals surface area contributed by atoms with Gasteiger partial charge in [-0.15, -0.1) is 0 Å². The van der Waals surface area contributed by atoms with Gasteiger partial charge in [0.2, 0.25) is 5.91 Å². The summed E-state index contributed by atoms with van der Waals surface area (Å²) in [6, 6.07) is 12.0. The predicted octanol–water partition coefficient (Wildman–Crippen LogP) is 2.34. The molecule has 3 nitrogen and oxygen atoms in total. The normalized spacial score (nSPS) is 14.1. The molecule has 0 aliphatic heterocycles. The molecule has 2 rings (SSSR count). The van der Waals surface area contributed by atoms with Gasteiger partial charge in [0.1, 0.15) is 0 Å². The maximum atomic E-state index is 12.0. The Bertz CT molecular complexity index is 418. The SMILES string of the molecule is N#CCCN(Cc1ccccc1)C(=O)C1CC1. The first-order valence-electron chi connectivity index (χ1n) is 6.01. The molecule has 0 saturated heterocycles. The quantitative estimate of drug-likeness (QED) is 0.776. The second-order valence-electron chi connectivity index (χ2n) is 4.43. The Morgan fingerprint density at radius 1 is 1.35 bits per heavy atom. The molecule has 1 aromatic carbocycles. The van der Waals surface area contributed by atoms with Crippen molar-refractivity contribution in [2.24, 2.45) is 5.92 Å². The van der Waals surface area contributed by atoms with Gasteiger partial charge in [0.15, 0.2) is 0 Å². The van der Waals surface area contributed by atoms with E-state index in [4.69, 9.17) is 5.26 Å². The van der Waals surface area contributed by atoms with E-state index < -0.39 is 0 Å². The van der Waals surface area contributed by atoms with Crippen LogP contribution in [-0.4, -0.2) is 17.4 Å². The van der Waals surface area contributed by atoms with Crippen LogP contribution in [0.3, 0.4) is 0 Å². The molecule has 17 heavy (non-hydrogen) atoms. The van der Waals surface area contributed by atoms with Gasteiger partial charge in [-0.3, -0.25) is 4.79 Å². The van der Waals surface area contributed by atoms with Gasteiger partial charge in [-0.2, -0.15) is 5.26 Å². The Labute approximate surface area is 102 Å². The standard InChI is InChI=1S/C14H16N2O/c15-9-4-10-16(14(17)13-7-8-13)11-12-5-2-1-3-6-12/h1-3,5-6,13H,4,7-8,10-11H2. The van der Waals surface area contributed by atoms with Crippen LogP contribution in [0, 0.1) is 17.2 Å². The molecule has 0 unspecified atom stereocenters. The van der Waals surface area contributed by atoms with E-state index in [1.54, 1.807) is 0 Å². The number of carbonyl (C=O) groups is 1. The van der Waals surface area contributed by atoms with Crippen molar-refractivity contribution in [3.8, 4) is 6.07 Å². The van der Waals surface area contributed by atoms with E-state index in [0.717, 1.165) is 18.4 Å². The van der Waals surface area contributed by atoms with Gasteiger partial charge in [-0.05, 0) is 18.4 Å². The topological polar surface area (TPSA) is 44.1 Å². The van der Waals surface area contributed by atoms with Crippen LogP contribution in [0.2, 0.25) is 0 Å². The number of hydrogen-bond donors (Lipinski definition) is 0. The third kappa shape index (κ3) is 3.32. The lowest BCUT2D eigenvalue weighted by Crippen LogP contribution is -2.32. The molecule has 1 aliphatic rings. The first kappa shape index (κ1) is 11.7. The van der Waals surface area contributed by atoms with Gasteiger partial charge in [-0.1, -0.05) is 30.3 Å². The molecule has 1 saturated carbocycles. The van der Waals surface area contributed by atoms with Crippen molar-refractivity contribution in [2.75, 3.05) is 6.54 Å². The molecule has 0 aromatic heterocycles. The van der Waals surface area contributed by atoms with E-state index in [1.165, 1.54) is 0 Å². The minimum atomic E-state index is 0.212. The van der Waals surface area contributed by atoms with E-state index in [2.05, 4.69) is 6.07 Å². The van der Waals surface area contributed by atoms with Crippen molar-refractivity contribution >= 4 is 5.91 Å². The molecule has 88 valence electrons. The average Bonchev–Trinajstić information content (AvgIpc) is 3.19. The second kappa shape index (κ2) is 5.49. The molecule has 0 spiro atoms. The lowest BCUT2D eigenvalue weighted by molar-refractivity contribution is -0.133. The molecule has 1 fully saturated rings. The van der Waals surface area contributed by atoms with Crippen molar-refractivity contribution in [2.45, 2.75) is 25.8 Å². The van der Waals surface area contributed by atoms with Crippen LogP contribution >= 0.6 is 0 Å². The van der Waals surface area contributed by atoms with Gasteiger partial charge in [0, 0.05) is 19.0 Å². The monoisotopic (exact) mass is 228 g/mol. The number of hydrogen-bond acceptors (Lipinski definition) is 2. The van der Waals surface area contributed by atoms with Gasteiger partial charge in [0.05, 0.1) is 12.5 Å². The molecule has 1 amide bonds. The number of rotatable bonds is 5. The maximum absolute atomic E-state index is 12.0. The Morgan fingerprint density at radius 3 is 2.65 bits per heavy atom. The van der Waals surface area contributed by atoms with Crippen LogP contribution in [-0.2, 0) is 11.3 Å². The third-order valence-electron chi connectivity index (χ3n) is 2.95. The van der Waals surface area contributed by atoms with Gasteiger partial charge >= 0.3 is 0 Å². The Hall–Kier alpha value is -1.82. The maximum Gasteiger partial charge on any atom is 0.226 e. The highest BCUT2D eigenvalue weighted by molar-refractivity contribution is 5.81. The molecule has 3 heteroatoms. The summed E-state index contributed by atoms with van der Waals surface area (Å²) in [5, 5.41) is 8.63. The number of amides is 1. The third-order valence-corrected chi connectivity index (χ3v) is 2.95. The number of carbonyl (C=O) groups excluding carboxylic acids is 1. The molecule has 0 heterocycles. The van der Waals surface area contributed by atoms with Crippen molar-refractivity contribution < 1.29 is 4.79 Å². The van der Waals surface area contributed by atoms with Crippen LogP contribution in [0.15, 0.2) is 30.3 Å². The van der Waals surface area contributed by atoms with Crippen molar-refractivity contribution in [1.29, 1.82) is 5.26 Å². The second-order valence-corrected chi connectivity index (χ2v) is 4.43. The first-order chi connectivity index (χ1) is 8.31. The van der Waals surface area contributed by atoms with E-state index in [1.807, 2.05) is 35.2 Å². The molecule has 1 aliphatic carbocycles. The lowest BCUT2D eigenvalue weighted by Gasteiger charge is -2.21. The summed E-state index contributed by atoms with van der Waals surface area (Å²) in [4.78, 5) is 13.8. The van der Waals surface area contributed by atoms with E-state index in [0.29, 0.717) is 19.5 Å². The minimum Gasteiger partial charge on any atom is -0.337 e. The molecule has 0 N–H and O–H groups in total. The van der Waals surface area contributed by atoms with E-state index in [9.17, 15) is 4.79 Å². The Kier molecular flexibility index (Phi) is 3.77. The number of benzene rings is 1. The Balaban J connectivity index is 2.00. The fraction of sp³-hybridized carbons (Fsp3) is 0.429. The summed E-state index contributed by atoms with van der Waals surface area (Å²) < 4.78 is 0. The summed E-state index contributed by atoms with van der Waals surface area (Å²) in [6.07, 6.45) is 2.43. The van der Waals surface area contributed by atoms with Gasteiger partial charge < -0.3 is 4.90 Å². The zero-order valence-electron chi connectivity index (χ0n) is 9.80. The molecular weight excluding hydrogens is 212 g/mol. The number of nitrogens with zero attached hydrogens (tertiary/aromatic N) is 2. The fourth-order valence-corrected chi connectivity index (χ4v) is 1.84. The van der Waals surface area contributed by atoms with Crippen LogP contribution in [0.1, 0.15) is 24.8 Å². The average molecular weight is 228 g/mol. The zero-order chi connectivity index (χ0) is 12.1. The summed E-state index contributed by atoms with van der Waals surface area (Å²) in [5.74, 6) is 0.432. The van der Waals surface area contributed by atoms with Crippen molar-refractivity contribution in [3.63, 3.8) is 0 Å². The van der Waals surface area contributed by atoms with E-state index >= 15 is 0 Å². The highest BCUT2D eigenvalue weighted by atomic mass is 16.2. The Morgan fingerprint density at radius 2 is 2.06 bits per heavy atom. The van der Waals surface area contributed by atoms with Crippen LogP contribution in [0.4, 0.5) is 0 Å². The smallest absolute Gasteiger partial charge is 0.226 e. The summed E-state index contributed by atoms with van der Waals surface area (Å²) >= 11 is 0. The summed E-state index contributed by atoms with van der Waals surface area (Å²) in [7, 11) is 0. The predicted molar refractivity (Wildman–Crippen MR) is 64.8 cm³/mol. The highest BCUT2D eigenvalue weighted by Crippen LogP contribution is 2.31. The number of nitriles is 1. The fourth-order valence-electron chi connectivity index (χ4n) is 1.84. The van der Waals surface area contributed by atoms with Crippen LogP contribution < -0.4 is 0 Å².